The number of benzene rings is 3. The van der Waals surface area contributed by atoms with Crippen molar-refractivity contribution < 1.29 is 14.4 Å². The van der Waals surface area contributed by atoms with E-state index < -0.39 is 29.3 Å². The summed E-state index contributed by atoms with van der Waals surface area (Å²) in [6.07, 6.45) is -0.444. The molecule has 0 unspecified atom stereocenters. The van der Waals surface area contributed by atoms with E-state index in [1.165, 1.54) is 4.90 Å². The maximum atomic E-state index is 13.9. The van der Waals surface area contributed by atoms with Crippen LogP contribution in [0, 0.1) is 12.5 Å². The van der Waals surface area contributed by atoms with Crippen LogP contribution in [-0.4, -0.2) is 35.3 Å². The first-order chi connectivity index (χ1) is 17.0. The molecule has 0 aliphatic carbocycles. The summed E-state index contributed by atoms with van der Waals surface area (Å²) in [7, 11) is 0. The maximum absolute atomic E-state index is 13.9. The lowest BCUT2D eigenvalue weighted by Gasteiger charge is -2.25. The first kappa shape index (κ1) is 22.4. The minimum atomic E-state index is -1.04. The molecule has 1 saturated heterocycles. The number of nitrogens with one attached hydrogen (secondary N) is 2. The molecule has 0 aromatic heterocycles. The van der Waals surface area contributed by atoms with Gasteiger partial charge in [-0.1, -0.05) is 66.7 Å². The number of nitrogens with zero attached hydrogens (tertiary/aromatic N) is 2. The second-order valence-electron chi connectivity index (χ2n) is 8.96. The van der Waals surface area contributed by atoms with E-state index in [1.54, 1.807) is 24.3 Å². The highest BCUT2D eigenvalue weighted by Crippen LogP contribution is 2.47. The molecule has 3 aromatic carbocycles. The summed E-state index contributed by atoms with van der Waals surface area (Å²) in [5, 5.41) is 5.74. The first-order valence-corrected chi connectivity index (χ1v) is 11.5. The molecule has 7 heteroatoms. The van der Waals surface area contributed by atoms with Crippen LogP contribution in [0.4, 0.5) is 11.4 Å². The van der Waals surface area contributed by atoms with Crippen LogP contribution in [0.2, 0.25) is 0 Å². The van der Waals surface area contributed by atoms with Crippen molar-refractivity contribution >= 4 is 29.1 Å². The highest BCUT2D eigenvalue weighted by atomic mass is 16.2. The molecule has 2 aliphatic heterocycles. The van der Waals surface area contributed by atoms with Gasteiger partial charge in [0.15, 0.2) is 0 Å². The number of carbonyl (C=O) groups is 3. The van der Waals surface area contributed by atoms with Crippen molar-refractivity contribution in [1.29, 1.82) is 0 Å². The molecule has 0 bridgehead atoms. The normalized spacial score (nSPS) is 21.2. The van der Waals surface area contributed by atoms with Crippen molar-refractivity contribution in [2.45, 2.75) is 24.4 Å². The second kappa shape index (κ2) is 9.07. The predicted octanol–water partition coefficient (Wildman–Crippen LogP) is 3.85. The number of hydrogen-bond acceptors (Lipinski definition) is 3. The fourth-order valence-electron chi connectivity index (χ4n) is 5.05. The smallest absolute Gasteiger partial charge is 0.302 e. The average molecular weight is 465 g/mol. The highest BCUT2D eigenvalue weighted by Gasteiger charge is 2.59. The molecule has 5 rings (SSSR count). The number of carbonyl (C=O) groups excluding carboxylic acids is 3. The van der Waals surface area contributed by atoms with Gasteiger partial charge in [-0.25, -0.2) is 6.57 Å². The van der Waals surface area contributed by atoms with Crippen LogP contribution in [0.1, 0.15) is 17.5 Å². The van der Waals surface area contributed by atoms with Gasteiger partial charge >= 0.3 is 6.17 Å². The van der Waals surface area contributed by atoms with Gasteiger partial charge in [0.25, 0.3) is 0 Å². The molecule has 1 fully saturated rings. The van der Waals surface area contributed by atoms with Crippen molar-refractivity contribution in [3.05, 3.63) is 107 Å². The van der Waals surface area contributed by atoms with Gasteiger partial charge in [-0.2, -0.15) is 0 Å². The number of likely N-dealkylation sites (tertiary alicyclic amines) is 1. The molecular weight excluding hydrogens is 440 g/mol. The van der Waals surface area contributed by atoms with Gasteiger partial charge in [-0.05, 0) is 35.7 Å². The topological polar surface area (TPSA) is 82.9 Å². The Morgan fingerprint density at radius 2 is 1.69 bits per heavy atom. The third kappa shape index (κ3) is 4.04. The zero-order chi connectivity index (χ0) is 24.4. The summed E-state index contributed by atoms with van der Waals surface area (Å²) in [4.78, 5) is 45.5. The predicted molar refractivity (Wildman–Crippen MR) is 132 cm³/mol. The highest BCUT2D eigenvalue weighted by molar-refractivity contribution is 6.09. The Labute approximate surface area is 203 Å². The molecule has 7 nitrogen and oxygen atoms in total. The molecule has 3 atom stereocenters. The van der Waals surface area contributed by atoms with Gasteiger partial charge in [0.2, 0.25) is 17.7 Å². The van der Waals surface area contributed by atoms with Crippen LogP contribution in [0.5, 0.6) is 0 Å². The Morgan fingerprint density at radius 3 is 2.40 bits per heavy atom. The number of para-hydroxylation sites is 2. The van der Waals surface area contributed by atoms with Crippen molar-refractivity contribution in [2.75, 3.05) is 17.2 Å². The molecule has 1 spiro atoms. The Balaban J connectivity index is 1.47. The lowest BCUT2D eigenvalue weighted by Crippen LogP contribution is -2.46. The maximum Gasteiger partial charge on any atom is 0.302 e. The third-order valence-electron chi connectivity index (χ3n) is 6.83. The molecule has 35 heavy (non-hydrogen) atoms. The Morgan fingerprint density at radius 1 is 1.03 bits per heavy atom. The fourth-order valence-corrected chi connectivity index (χ4v) is 5.05. The number of amides is 3. The van der Waals surface area contributed by atoms with Crippen LogP contribution in [0.25, 0.3) is 4.85 Å². The van der Waals surface area contributed by atoms with Crippen molar-refractivity contribution in [2.24, 2.45) is 5.92 Å². The molecule has 3 aromatic rings. The van der Waals surface area contributed by atoms with E-state index >= 15 is 0 Å². The van der Waals surface area contributed by atoms with E-state index in [0.29, 0.717) is 11.4 Å². The van der Waals surface area contributed by atoms with Gasteiger partial charge in [-0.15, -0.1) is 0 Å². The Hall–Kier alpha value is -4.44. The molecular formula is C28H24N4O3. The van der Waals surface area contributed by atoms with Crippen molar-refractivity contribution in [3.8, 4) is 0 Å². The van der Waals surface area contributed by atoms with Crippen molar-refractivity contribution in [1.82, 2.24) is 4.90 Å². The summed E-state index contributed by atoms with van der Waals surface area (Å²) in [5.41, 5.74) is 1.94. The molecule has 174 valence electrons. The molecule has 0 radical (unpaired) electrons. The van der Waals surface area contributed by atoms with Crippen LogP contribution < -0.4 is 10.6 Å². The minimum Gasteiger partial charge on any atom is -0.325 e. The van der Waals surface area contributed by atoms with Crippen LogP contribution in [-0.2, 0) is 26.2 Å². The van der Waals surface area contributed by atoms with Gasteiger partial charge in [0.05, 0.1) is 6.42 Å². The monoisotopic (exact) mass is 464 g/mol. The van der Waals surface area contributed by atoms with Gasteiger partial charge < -0.3 is 10.6 Å². The summed E-state index contributed by atoms with van der Waals surface area (Å²) in [6, 6.07) is 25.7. The Bertz CT molecular complexity index is 1320. The number of fused-ring (bicyclic) bond motifs is 2. The van der Waals surface area contributed by atoms with E-state index in [1.807, 2.05) is 60.7 Å². The van der Waals surface area contributed by atoms with E-state index in [0.717, 1.165) is 11.1 Å². The summed E-state index contributed by atoms with van der Waals surface area (Å²) < 4.78 is 0. The van der Waals surface area contributed by atoms with Crippen LogP contribution in [0.15, 0.2) is 84.9 Å². The fraction of sp³-hybridized carbons (Fsp3) is 0.214. The SMILES string of the molecule is [C-]#[N+][C@@H]1C[C@@]2(CN1C(=O)[C@H](Cc1ccccc1)C(=O)Nc1ccccc1)C(=O)Nc1ccccc12. The first-order valence-electron chi connectivity index (χ1n) is 11.5. The largest absolute Gasteiger partial charge is 0.325 e. The van der Waals surface area contributed by atoms with E-state index in [4.69, 9.17) is 6.57 Å². The third-order valence-corrected chi connectivity index (χ3v) is 6.83. The Kier molecular flexibility index (Phi) is 5.79. The minimum absolute atomic E-state index is 0.0611. The summed E-state index contributed by atoms with van der Waals surface area (Å²) in [5.74, 6) is -2.14. The lowest BCUT2D eigenvalue weighted by atomic mass is 9.80. The zero-order valence-corrected chi connectivity index (χ0v) is 19.0. The van der Waals surface area contributed by atoms with Gasteiger partial charge in [-0.3, -0.25) is 24.1 Å². The number of anilines is 2. The zero-order valence-electron chi connectivity index (χ0n) is 19.0. The average Bonchev–Trinajstić information content (AvgIpc) is 3.41. The molecule has 3 amide bonds. The van der Waals surface area contributed by atoms with Gasteiger partial charge in [0.1, 0.15) is 11.3 Å². The van der Waals surface area contributed by atoms with E-state index in [9.17, 15) is 14.4 Å². The van der Waals surface area contributed by atoms with E-state index in [2.05, 4.69) is 15.5 Å². The molecule has 0 saturated carbocycles. The quantitative estimate of drug-likeness (QED) is 0.445. The lowest BCUT2D eigenvalue weighted by molar-refractivity contribution is -0.140. The van der Waals surface area contributed by atoms with Crippen LogP contribution >= 0.6 is 0 Å². The van der Waals surface area contributed by atoms with Crippen LogP contribution in [0.3, 0.4) is 0 Å². The summed E-state index contributed by atoms with van der Waals surface area (Å²) >= 11 is 0. The number of rotatable bonds is 5. The summed E-state index contributed by atoms with van der Waals surface area (Å²) in [6.45, 7) is 7.83. The number of hydrogen-bond donors (Lipinski definition) is 2. The van der Waals surface area contributed by atoms with Gasteiger partial charge in [0, 0.05) is 17.9 Å². The molecule has 2 N–H and O–H groups in total. The second-order valence-corrected chi connectivity index (χ2v) is 8.96. The molecule has 2 aliphatic rings. The standard InChI is InChI=1S/C28H24N4O3/c1-29-24-17-28(22-14-8-9-15-23(22)31-27(28)35)18-32(24)26(34)21(16-19-10-4-2-5-11-19)25(33)30-20-12-6-3-7-13-20/h2-15,21,24H,16-18H2,(H,30,33)(H,31,35)/t21-,24+,28+/m1/s1. The van der Waals surface area contributed by atoms with E-state index in [-0.39, 0.29) is 25.3 Å². The van der Waals surface area contributed by atoms with Crippen molar-refractivity contribution in [3.63, 3.8) is 0 Å². The molecule has 2 heterocycles.